The van der Waals surface area contributed by atoms with E-state index in [-0.39, 0.29) is 17.2 Å². The van der Waals surface area contributed by atoms with Crippen molar-refractivity contribution in [3.8, 4) is 6.07 Å². The average molecular weight is 468 g/mol. The summed E-state index contributed by atoms with van der Waals surface area (Å²) in [6.07, 6.45) is 0.626. The second-order valence-electron chi connectivity index (χ2n) is 7.87. The van der Waals surface area contributed by atoms with Crippen LogP contribution in [0.15, 0.2) is 47.4 Å². The Bertz CT molecular complexity index is 1340. The summed E-state index contributed by atoms with van der Waals surface area (Å²) in [7, 11) is -0.0804. The lowest BCUT2D eigenvalue weighted by Gasteiger charge is -2.26. The number of hydrogen-bond donors (Lipinski definition) is 0. The number of fused-ring (bicyclic) bond motifs is 1. The van der Waals surface area contributed by atoms with Crippen LogP contribution < -0.4 is 4.90 Å². The molecule has 0 spiro atoms. The van der Waals surface area contributed by atoms with Crippen molar-refractivity contribution in [2.45, 2.75) is 17.7 Å². The van der Waals surface area contributed by atoms with E-state index in [1.807, 2.05) is 11.6 Å². The summed E-state index contributed by atoms with van der Waals surface area (Å²) in [5.74, 6) is 0.589. The van der Waals surface area contributed by atoms with Gasteiger partial charge in [0.15, 0.2) is 0 Å². The normalized spacial score (nSPS) is 14.8. The lowest BCUT2D eigenvalue weighted by atomic mass is 10.2. The molecule has 0 saturated carbocycles. The number of aryl methyl sites for hydroxylation is 2. The van der Waals surface area contributed by atoms with Crippen molar-refractivity contribution in [3.63, 3.8) is 0 Å². The molecule has 1 fully saturated rings. The maximum Gasteiger partial charge on any atom is 0.243 e. The summed E-state index contributed by atoms with van der Waals surface area (Å²) >= 11 is 0. The fourth-order valence-corrected chi connectivity index (χ4v) is 5.29. The molecular weight excluding hydrogens is 442 g/mol. The quantitative estimate of drug-likeness (QED) is 0.549. The van der Waals surface area contributed by atoms with Crippen molar-refractivity contribution in [2.24, 2.45) is 7.05 Å². The summed E-state index contributed by atoms with van der Waals surface area (Å²) in [5, 5.41) is 9.07. The summed E-state index contributed by atoms with van der Waals surface area (Å²) in [4.78, 5) is 19.0. The molecule has 1 aliphatic heterocycles. The Balaban J connectivity index is 1.51. The van der Waals surface area contributed by atoms with Crippen molar-refractivity contribution in [1.82, 2.24) is 13.9 Å². The first-order chi connectivity index (χ1) is 15.8. The van der Waals surface area contributed by atoms with Crippen LogP contribution in [-0.2, 0) is 33.0 Å². The van der Waals surface area contributed by atoms with E-state index in [4.69, 9.17) is 10.00 Å². The highest BCUT2D eigenvalue weighted by atomic mass is 32.2. The maximum absolute atomic E-state index is 13.0. The van der Waals surface area contributed by atoms with Gasteiger partial charge in [0.25, 0.3) is 0 Å². The van der Waals surface area contributed by atoms with Crippen LogP contribution in [0.1, 0.15) is 17.8 Å². The van der Waals surface area contributed by atoms with Gasteiger partial charge in [-0.3, -0.25) is 4.79 Å². The molecule has 1 aromatic heterocycles. The van der Waals surface area contributed by atoms with Crippen LogP contribution in [-0.4, -0.2) is 61.5 Å². The van der Waals surface area contributed by atoms with Crippen LogP contribution in [0.25, 0.3) is 11.0 Å². The van der Waals surface area contributed by atoms with Gasteiger partial charge in [0.05, 0.1) is 40.8 Å². The molecule has 0 radical (unpaired) electrons. The molecule has 0 N–H and O–H groups in total. The van der Waals surface area contributed by atoms with E-state index >= 15 is 0 Å². The number of nitriles is 1. The lowest BCUT2D eigenvalue weighted by Crippen LogP contribution is -2.40. The van der Waals surface area contributed by atoms with E-state index in [9.17, 15) is 13.2 Å². The van der Waals surface area contributed by atoms with Crippen LogP contribution in [0, 0.1) is 11.3 Å². The van der Waals surface area contributed by atoms with Crippen molar-refractivity contribution >= 4 is 32.7 Å². The molecule has 0 aliphatic carbocycles. The van der Waals surface area contributed by atoms with Gasteiger partial charge in [0, 0.05) is 45.7 Å². The molecule has 3 aromatic rings. The second kappa shape index (κ2) is 9.31. The van der Waals surface area contributed by atoms with Gasteiger partial charge in [0.2, 0.25) is 15.9 Å². The molecule has 9 nitrogen and oxygen atoms in total. The number of carbonyl (C=O) groups is 1. The molecule has 1 saturated heterocycles. The molecule has 2 heterocycles. The minimum absolute atomic E-state index is 0.104. The van der Waals surface area contributed by atoms with Crippen molar-refractivity contribution in [3.05, 3.63) is 53.9 Å². The number of ether oxygens (including phenoxy) is 1. The van der Waals surface area contributed by atoms with E-state index in [2.05, 4.69) is 11.1 Å². The molecular formula is C23H25N5O4S. The number of morpholine rings is 1. The Morgan fingerprint density at radius 1 is 1.21 bits per heavy atom. The zero-order valence-electron chi connectivity index (χ0n) is 18.6. The molecule has 10 heteroatoms. The highest BCUT2D eigenvalue weighted by molar-refractivity contribution is 7.89. The third-order valence-electron chi connectivity index (χ3n) is 5.85. The zero-order chi connectivity index (χ0) is 23.6. The number of imidazole rings is 1. The molecule has 0 atom stereocenters. The highest BCUT2D eigenvalue weighted by Crippen LogP contribution is 2.24. The molecule has 1 aliphatic rings. The minimum Gasteiger partial charge on any atom is -0.379 e. The first-order valence-electron chi connectivity index (χ1n) is 10.6. The first kappa shape index (κ1) is 22.9. The Morgan fingerprint density at radius 2 is 1.97 bits per heavy atom. The number of benzene rings is 2. The van der Waals surface area contributed by atoms with Crippen molar-refractivity contribution in [2.75, 3.05) is 38.3 Å². The van der Waals surface area contributed by atoms with Gasteiger partial charge in [-0.05, 0) is 36.4 Å². The summed E-state index contributed by atoms with van der Waals surface area (Å²) in [5.41, 5.74) is 2.52. The van der Waals surface area contributed by atoms with Gasteiger partial charge in [-0.1, -0.05) is 6.07 Å². The summed E-state index contributed by atoms with van der Waals surface area (Å²) < 4.78 is 34.5. The third kappa shape index (κ3) is 4.61. The topological polar surface area (TPSA) is 109 Å². The van der Waals surface area contributed by atoms with Crippen LogP contribution in [0.5, 0.6) is 0 Å². The molecule has 1 amide bonds. The number of rotatable bonds is 6. The largest absolute Gasteiger partial charge is 0.379 e. The second-order valence-corrected chi connectivity index (χ2v) is 9.81. The lowest BCUT2D eigenvalue weighted by molar-refractivity contribution is -0.118. The summed E-state index contributed by atoms with van der Waals surface area (Å²) in [6, 6.07) is 13.9. The van der Waals surface area contributed by atoms with E-state index in [1.54, 1.807) is 49.5 Å². The Hall–Kier alpha value is -3.26. The predicted octanol–water partition coefficient (Wildman–Crippen LogP) is 2.06. The number of hydrogen-bond acceptors (Lipinski definition) is 6. The maximum atomic E-state index is 13.0. The van der Waals surface area contributed by atoms with E-state index in [0.717, 1.165) is 5.52 Å². The standard InChI is InChI=1S/C23H25N5O4S/c1-26(18-5-3-4-17(14-18)16-24)23(29)9-8-22-25-20-15-19(6-7-21(20)27(22)2)33(30,31)28-10-12-32-13-11-28/h3-7,14-15H,8-13H2,1-2H3. The monoisotopic (exact) mass is 467 g/mol. The fourth-order valence-electron chi connectivity index (χ4n) is 3.86. The molecule has 4 rings (SSSR count). The van der Waals surface area contributed by atoms with Crippen LogP contribution >= 0.6 is 0 Å². The molecule has 0 unspecified atom stereocenters. The fraction of sp³-hybridized carbons (Fsp3) is 0.348. The van der Waals surface area contributed by atoms with Crippen LogP contribution in [0.2, 0.25) is 0 Å². The smallest absolute Gasteiger partial charge is 0.243 e. The van der Waals surface area contributed by atoms with Gasteiger partial charge in [-0.15, -0.1) is 0 Å². The predicted molar refractivity (Wildman–Crippen MR) is 123 cm³/mol. The van der Waals surface area contributed by atoms with Crippen LogP contribution in [0.3, 0.4) is 0 Å². The first-order valence-corrected chi connectivity index (χ1v) is 12.1. The Morgan fingerprint density at radius 3 is 2.70 bits per heavy atom. The number of sulfonamides is 1. The van der Waals surface area contributed by atoms with Gasteiger partial charge in [-0.25, -0.2) is 13.4 Å². The Labute approximate surface area is 192 Å². The van der Waals surface area contributed by atoms with Gasteiger partial charge in [-0.2, -0.15) is 9.57 Å². The number of amides is 1. The molecule has 33 heavy (non-hydrogen) atoms. The summed E-state index contributed by atoms with van der Waals surface area (Å²) in [6.45, 7) is 1.44. The molecule has 2 aromatic carbocycles. The number of carbonyl (C=O) groups excluding carboxylic acids is 1. The minimum atomic E-state index is -3.61. The average Bonchev–Trinajstić information content (AvgIpc) is 3.17. The zero-order valence-corrected chi connectivity index (χ0v) is 19.4. The van der Waals surface area contributed by atoms with Crippen molar-refractivity contribution in [1.29, 1.82) is 5.26 Å². The number of nitrogens with zero attached hydrogens (tertiary/aromatic N) is 5. The Kier molecular flexibility index (Phi) is 6.47. The number of aromatic nitrogens is 2. The van der Waals surface area contributed by atoms with E-state index in [0.29, 0.717) is 55.3 Å². The van der Waals surface area contributed by atoms with Gasteiger partial charge < -0.3 is 14.2 Å². The van der Waals surface area contributed by atoms with Crippen LogP contribution in [0.4, 0.5) is 5.69 Å². The SMILES string of the molecule is CN(C(=O)CCc1nc2cc(S(=O)(=O)N3CCOCC3)ccc2n1C)c1cccc(C#N)c1. The third-order valence-corrected chi connectivity index (χ3v) is 7.75. The highest BCUT2D eigenvalue weighted by Gasteiger charge is 2.27. The number of anilines is 1. The van der Waals surface area contributed by atoms with Crippen molar-refractivity contribution < 1.29 is 17.9 Å². The van der Waals surface area contributed by atoms with E-state index in [1.165, 1.54) is 9.21 Å². The van der Waals surface area contributed by atoms with Gasteiger partial charge >= 0.3 is 0 Å². The van der Waals surface area contributed by atoms with Gasteiger partial charge in [0.1, 0.15) is 5.82 Å². The molecule has 172 valence electrons. The molecule has 0 bridgehead atoms. The van der Waals surface area contributed by atoms with E-state index < -0.39 is 10.0 Å².